The molecule has 2 aromatic carbocycles. The first-order chi connectivity index (χ1) is 20.6. The smallest absolute Gasteiger partial charge is 0.483 e. The van der Waals surface area contributed by atoms with Gasteiger partial charge in [0.15, 0.2) is 29.9 Å². The quantitative estimate of drug-likeness (QED) is 0.222. The Labute approximate surface area is 244 Å². The predicted octanol–water partition coefficient (Wildman–Crippen LogP) is 5.78. The summed E-state index contributed by atoms with van der Waals surface area (Å²) in [5, 5.41) is 8.92. The van der Waals surface area contributed by atoms with Gasteiger partial charge in [0.05, 0.1) is 6.61 Å². The van der Waals surface area contributed by atoms with Crippen molar-refractivity contribution in [2.24, 2.45) is 0 Å². The van der Waals surface area contributed by atoms with Gasteiger partial charge >= 0.3 is 12.2 Å². The van der Waals surface area contributed by atoms with Crippen molar-refractivity contribution in [3.05, 3.63) is 53.1 Å². The summed E-state index contributed by atoms with van der Waals surface area (Å²) in [5.41, 5.74) is 2.16. The van der Waals surface area contributed by atoms with Crippen LogP contribution in [0.15, 0.2) is 34.7 Å². The van der Waals surface area contributed by atoms with Gasteiger partial charge in [-0.25, -0.2) is 18.6 Å². The molecule has 1 amide bonds. The molecule has 0 unspecified atom stereocenters. The van der Waals surface area contributed by atoms with Crippen molar-refractivity contribution in [3.8, 4) is 34.8 Å². The van der Waals surface area contributed by atoms with Crippen molar-refractivity contribution < 1.29 is 46.8 Å². The summed E-state index contributed by atoms with van der Waals surface area (Å²) in [6, 6.07) is 5.95. The average Bonchev–Trinajstić information content (AvgIpc) is 3.60. The van der Waals surface area contributed by atoms with Crippen LogP contribution in [-0.2, 0) is 9.53 Å². The Hall–Kier alpha value is -5.01. The number of aromatic nitrogens is 3. The number of fused-ring (bicyclic) bond motifs is 1. The summed E-state index contributed by atoms with van der Waals surface area (Å²) in [6.45, 7) is 5.87. The lowest BCUT2D eigenvalue weighted by Crippen LogP contribution is -2.40. The van der Waals surface area contributed by atoms with Gasteiger partial charge in [0.2, 0.25) is 5.89 Å². The van der Waals surface area contributed by atoms with Crippen molar-refractivity contribution in [1.82, 2.24) is 19.9 Å². The lowest BCUT2D eigenvalue weighted by molar-refractivity contribution is -0.141. The largest absolute Gasteiger partial charge is 0.507 e. The van der Waals surface area contributed by atoms with Gasteiger partial charge in [0.1, 0.15) is 11.6 Å². The van der Waals surface area contributed by atoms with Gasteiger partial charge in [-0.15, -0.1) is 0 Å². The maximum absolute atomic E-state index is 14.2. The minimum atomic E-state index is -1.44. The fraction of sp³-hybridized carbons (Fsp3) is 0.345. The van der Waals surface area contributed by atoms with Gasteiger partial charge in [0.25, 0.3) is 17.5 Å². The molecule has 5 rings (SSSR count). The third-order valence-corrected chi connectivity index (χ3v) is 6.55. The molecule has 14 heteroatoms. The van der Waals surface area contributed by atoms with Crippen LogP contribution in [0.1, 0.15) is 37.3 Å². The number of halogens is 2. The van der Waals surface area contributed by atoms with Crippen LogP contribution in [0.25, 0.3) is 22.7 Å². The summed E-state index contributed by atoms with van der Waals surface area (Å²) < 4.78 is 55.5. The lowest BCUT2D eigenvalue weighted by atomic mass is 10.1. The fourth-order valence-corrected chi connectivity index (χ4v) is 4.68. The number of nitrogens with zero attached hydrogens (tertiary/aromatic N) is 4. The van der Waals surface area contributed by atoms with Crippen LogP contribution in [0.3, 0.4) is 0 Å². The van der Waals surface area contributed by atoms with Crippen molar-refractivity contribution in [2.45, 2.75) is 46.3 Å². The molecule has 1 N–H and O–H groups in total. The van der Waals surface area contributed by atoms with E-state index in [0.717, 1.165) is 18.2 Å². The zero-order valence-electron chi connectivity index (χ0n) is 23.6. The van der Waals surface area contributed by atoms with E-state index in [4.69, 9.17) is 28.5 Å². The number of oxazole rings is 1. The Morgan fingerprint density at radius 3 is 2.58 bits per heavy atom. The first kappa shape index (κ1) is 29.5. The maximum atomic E-state index is 14.2. The molecule has 2 aromatic heterocycles. The van der Waals surface area contributed by atoms with Crippen LogP contribution in [0.4, 0.5) is 13.6 Å². The van der Waals surface area contributed by atoms with E-state index in [-0.39, 0.29) is 41.5 Å². The molecule has 0 saturated carbocycles. The Balaban J connectivity index is 1.39. The topological polar surface area (TPSA) is 146 Å². The second-order valence-electron chi connectivity index (χ2n) is 9.80. The molecule has 0 bridgehead atoms. The van der Waals surface area contributed by atoms with Gasteiger partial charge in [-0.3, -0.25) is 4.79 Å². The van der Waals surface area contributed by atoms with Crippen LogP contribution in [0.2, 0.25) is 0 Å². The van der Waals surface area contributed by atoms with E-state index in [1.165, 1.54) is 4.90 Å². The van der Waals surface area contributed by atoms with E-state index in [1.807, 2.05) is 6.92 Å². The highest BCUT2D eigenvalue weighted by Gasteiger charge is 2.32. The standard InChI is InChI=1S/C29H28F2N4O8/c1-4-10-39-26-23-27(34-28(33-26)41-20-13-18(30)7-8-19(20)31)43-25(32-23)17-11-15(2)24(16(3)12-17)40-14-21(36)35-9-5-6-22(35)42-29(37)38/h7-8,11-13,22H,4-6,9-10,14H2,1-3H3,(H,37,38)/t22-/m0/s1. The van der Waals surface area contributed by atoms with E-state index in [2.05, 4.69) is 15.0 Å². The zero-order chi connectivity index (χ0) is 30.7. The molecule has 0 aliphatic carbocycles. The minimum Gasteiger partial charge on any atom is -0.483 e. The number of hydrogen-bond donors (Lipinski definition) is 1. The van der Waals surface area contributed by atoms with Crippen molar-refractivity contribution in [1.29, 1.82) is 0 Å². The Kier molecular flexibility index (Phi) is 8.55. The summed E-state index contributed by atoms with van der Waals surface area (Å²) in [6.07, 6.45) is -0.540. The third kappa shape index (κ3) is 6.58. The van der Waals surface area contributed by atoms with Crippen LogP contribution in [-0.4, -0.2) is 63.0 Å². The Bertz CT molecular complexity index is 1650. The molecule has 3 heterocycles. The maximum Gasteiger partial charge on any atom is 0.507 e. The number of carbonyl (C=O) groups excluding carboxylic acids is 1. The van der Waals surface area contributed by atoms with Crippen molar-refractivity contribution >= 4 is 23.3 Å². The highest BCUT2D eigenvalue weighted by atomic mass is 19.1. The van der Waals surface area contributed by atoms with E-state index < -0.39 is 29.8 Å². The summed E-state index contributed by atoms with van der Waals surface area (Å²) >= 11 is 0. The molecule has 1 atom stereocenters. The first-order valence-corrected chi connectivity index (χ1v) is 13.5. The molecule has 1 aliphatic rings. The van der Waals surface area contributed by atoms with E-state index >= 15 is 0 Å². The SMILES string of the molecule is CCCOc1nc(Oc2cc(F)ccc2F)nc2oc(-c3cc(C)c(OCC(=O)N4CCC[C@@H]4OC(=O)O)c(C)c3)nc12. The monoisotopic (exact) mass is 598 g/mol. The number of rotatable bonds is 10. The molecule has 1 saturated heterocycles. The molecule has 12 nitrogen and oxygen atoms in total. The van der Waals surface area contributed by atoms with E-state index in [9.17, 15) is 18.4 Å². The second-order valence-corrected chi connectivity index (χ2v) is 9.80. The van der Waals surface area contributed by atoms with Crippen LogP contribution in [0.5, 0.6) is 23.4 Å². The summed E-state index contributed by atoms with van der Waals surface area (Å²) in [7, 11) is 0. The number of ether oxygens (including phenoxy) is 4. The number of aryl methyl sites for hydroxylation is 2. The highest BCUT2D eigenvalue weighted by Crippen LogP contribution is 2.35. The zero-order valence-corrected chi connectivity index (χ0v) is 23.6. The molecular formula is C29H28F2N4O8. The van der Waals surface area contributed by atoms with Crippen LogP contribution in [0, 0.1) is 25.5 Å². The van der Waals surface area contributed by atoms with Crippen molar-refractivity contribution in [3.63, 3.8) is 0 Å². The van der Waals surface area contributed by atoms with Gasteiger partial charge in [0, 0.05) is 24.6 Å². The number of carboxylic acid groups (broad SMARTS) is 1. The second kappa shape index (κ2) is 12.5. The number of amides is 1. The van der Waals surface area contributed by atoms with Crippen LogP contribution >= 0.6 is 0 Å². The normalized spacial score (nSPS) is 14.6. The molecular weight excluding hydrogens is 570 g/mol. The highest BCUT2D eigenvalue weighted by molar-refractivity contribution is 5.79. The molecule has 1 fully saturated rings. The summed E-state index contributed by atoms with van der Waals surface area (Å²) in [4.78, 5) is 37.9. The number of carbonyl (C=O) groups is 2. The van der Waals surface area contributed by atoms with Crippen LogP contribution < -0.4 is 14.2 Å². The number of likely N-dealkylation sites (tertiary alicyclic amines) is 1. The molecule has 1 aliphatic heterocycles. The minimum absolute atomic E-state index is 0.00731. The number of hydrogen-bond acceptors (Lipinski definition) is 10. The predicted molar refractivity (Wildman–Crippen MR) is 146 cm³/mol. The number of benzene rings is 2. The molecule has 0 radical (unpaired) electrons. The van der Waals surface area contributed by atoms with E-state index in [1.54, 1.807) is 26.0 Å². The average molecular weight is 599 g/mol. The lowest BCUT2D eigenvalue weighted by Gasteiger charge is -2.23. The fourth-order valence-electron chi connectivity index (χ4n) is 4.68. The molecule has 4 aromatic rings. The molecule has 43 heavy (non-hydrogen) atoms. The Morgan fingerprint density at radius 2 is 1.86 bits per heavy atom. The van der Waals surface area contributed by atoms with Gasteiger partial charge in [-0.05, 0) is 62.1 Å². The third-order valence-electron chi connectivity index (χ3n) is 6.55. The van der Waals surface area contributed by atoms with Gasteiger partial charge in [-0.2, -0.15) is 9.97 Å². The Morgan fingerprint density at radius 1 is 1.09 bits per heavy atom. The van der Waals surface area contributed by atoms with E-state index in [0.29, 0.717) is 54.9 Å². The summed E-state index contributed by atoms with van der Waals surface area (Å²) in [5.74, 6) is -1.59. The van der Waals surface area contributed by atoms with Gasteiger partial charge < -0.3 is 33.4 Å². The van der Waals surface area contributed by atoms with Gasteiger partial charge in [-0.1, -0.05) is 6.92 Å². The molecule has 0 spiro atoms. The first-order valence-electron chi connectivity index (χ1n) is 13.5. The van der Waals surface area contributed by atoms with Crippen molar-refractivity contribution in [2.75, 3.05) is 19.8 Å². The molecule has 226 valence electrons.